The summed E-state index contributed by atoms with van der Waals surface area (Å²) < 4.78 is 171. The molecule has 0 aromatic carbocycles. The normalized spacial score (nSPS) is 16.7. The molecule has 0 fully saturated rings. The van der Waals surface area contributed by atoms with Gasteiger partial charge in [0, 0.05) is 0 Å². The van der Waals surface area contributed by atoms with Crippen LogP contribution in [-0.2, 0) is 4.74 Å². The van der Waals surface area contributed by atoms with E-state index >= 15 is 0 Å². The molecule has 0 saturated heterocycles. The monoisotopic (exact) mass is 518 g/mol. The highest BCUT2D eigenvalue weighted by Crippen LogP contribution is 2.60. The minimum atomic E-state index is -7.54. The first-order chi connectivity index (χ1) is 11.2. The van der Waals surface area contributed by atoms with Crippen molar-refractivity contribution in [1.29, 1.82) is 0 Å². The van der Waals surface area contributed by atoms with E-state index in [0.29, 0.717) is 0 Å². The van der Waals surface area contributed by atoms with Gasteiger partial charge in [0.2, 0.25) is 0 Å². The van der Waals surface area contributed by atoms with Gasteiger partial charge in [-0.25, -0.2) is 13.5 Å². The van der Waals surface area contributed by atoms with Gasteiger partial charge in [0.1, 0.15) is 0 Å². The maximum Gasteiger partial charge on any atom is 0.430 e. The van der Waals surface area contributed by atoms with Crippen molar-refractivity contribution in [1.82, 2.24) is 0 Å². The Kier molecular flexibility index (Phi) is 6.88. The summed E-state index contributed by atoms with van der Waals surface area (Å²) in [5, 5.41) is 0. The van der Waals surface area contributed by atoms with E-state index in [1.54, 1.807) is 0 Å². The zero-order chi connectivity index (χ0) is 22.7. The molecule has 0 saturated carbocycles. The second kappa shape index (κ2) is 6.84. The molecular weight excluding hydrogens is 520 g/mol. The van der Waals surface area contributed by atoms with Crippen LogP contribution in [0.3, 0.4) is 0 Å². The van der Waals surface area contributed by atoms with Gasteiger partial charge in [0.05, 0.1) is 0 Å². The molecule has 0 heterocycles. The van der Waals surface area contributed by atoms with Gasteiger partial charge in [-0.05, 0) is 0 Å². The van der Waals surface area contributed by atoms with Crippen LogP contribution in [0.25, 0.3) is 0 Å². The lowest BCUT2D eigenvalue weighted by molar-refractivity contribution is -0.503. The third-order valence-corrected chi connectivity index (χ3v) is 3.44. The lowest BCUT2D eigenvalue weighted by atomic mass is 10.1. The third kappa shape index (κ3) is 4.21. The summed E-state index contributed by atoms with van der Waals surface area (Å²) in [5.74, 6) is -29.1. The second-order valence-electron chi connectivity index (χ2n) is 4.43. The van der Waals surface area contributed by atoms with Crippen LogP contribution in [0.5, 0.6) is 0 Å². The van der Waals surface area contributed by atoms with Gasteiger partial charge in [-0.2, -0.15) is 52.7 Å². The zero-order valence-electron chi connectivity index (χ0n) is 11.2. The standard InChI is InChI=1S/C8Cl4F14O/c9-5(10,21)1(13,14)3(17,18)7(23,24)27-8(25,26)4(19,20)2(15,16)6(11,12)22. The maximum absolute atomic E-state index is 13.0. The van der Waals surface area contributed by atoms with Crippen molar-refractivity contribution >= 4 is 46.4 Å². The van der Waals surface area contributed by atoms with Gasteiger partial charge in [-0.15, -0.1) is 0 Å². The van der Waals surface area contributed by atoms with Gasteiger partial charge >= 0.3 is 45.1 Å². The number of halogens is 18. The van der Waals surface area contributed by atoms with Gasteiger partial charge in [0.15, 0.2) is 0 Å². The minimum Gasteiger partial charge on any atom is -0.245 e. The van der Waals surface area contributed by atoms with Gasteiger partial charge in [-0.3, -0.25) is 0 Å². The van der Waals surface area contributed by atoms with E-state index in [4.69, 9.17) is 0 Å². The Morgan fingerprint density at radius 1 is 0.370 bits per heavy atom. The summed E-state index contributed by atoms with van der Waals surface area (Å²) in [7, 11) is 0. The van der Waals surface area contributed by atoms with Crippen LogP contribution in [0.4, 0.5) is 61.5 Å². The Balaban J connectivity index is 6.19. The van der Waals surface area contributed by atoms with E-state index in [-0.39, 0.29) is 0 Å². The molecule has 0 rings (SSSR count). The summed E-state index contributed by atoms with van der Waals surface area (Å²) in [4.78, 5) is 0. The van der Waals surface area contributed by atoms with Gasteiger partial charge < -0.3 is 0 Å². The van der Waals surface area contributed by atoms with Crippen molar-refractivity contribution in [3.63, 3.8) is 0 Å². The second-order valence-corrected chi connectivity index (χ2v) is 6.90. The SMILES string of the molecule is FC(Cl)(Cl)C(F)(F)C(F)(F)C(F)(F)OC(F)(F)C(F)(F)C(F)(F)C(F)(Cl)Cl. The molecule has 0 aromatic heterocycles. The van der Waals surface area contributed by atoms with Crippen LogP contribution in [0.1, 0.15) is 0 Å². The fourth-order valence-electron chi connectivity index (χ4n) is 1.01. The van der Waals surface area contributed by atoms with Crippen LogP contribution >= 0.6 is 46.4 Å². The quantitative estimate of drug-likeness (QED) is 0.249. The number of rotatable bonds is 8. The van der Waals surface area contributed by atoms with E-state index in [1.807, 2.05) is 0 Å². The topological polar surface area (TPSA) is 9.23 Å². The summed E-state index contributed by atoms with van der Waals surface area (Å²) in [6, 6.07) is 0. The summed E-state index contributed by atoms with van der Waals surface area (Å²) >= 11 is 15.4. The van der Waals surface area contributed by atoms with Crippen molar-refractivity contribution in [2.75, 3.05) is 0 Å². The van der Waals surface area contributed by atoms with Crippen LogP contribution < -0.4 is 0 Å². The average molecular weight is 520 g/mol. The predicted molar refractivity (Wildman–Crippen MR) is 61.9 cm³/mol. The highest BCUT2D eigenvalue weighted by molar-refractivity contribution is 6.48. The predicted octanol–water partition coefficient (Wildman–Crippen LogP) is 6.93. The molecule has 27 heavy (non-hydrogen) atoms. The Morgan fingerprint density at radius 2 is 0.556 bits per heavy atom. The number of ether oxygens (including phenoxy) is 1. The Morgan fingerprint density at radius 3 is 0.704 bits per heavy atom. The molecule has 0 bridgehead atoms. The largest absolute Gasteiger partial charge is 0.430 e. The summed E-state index contributed by atoms with van der Waals surface area (Å²) in [6.45, 7) is 0. The number of hydrogen-bond acceptors (Lipinski definition) is 1. The molecule has 0 amide bonds. The minimum absolute atomic E-state index is 1.42. The van der Waals surface area contributed by atoms with Crippen molar-refractivity contribution in [3.8, 4) is 0 Å². The highest BCUT2D eigenvalue weighted by Gasteiger charge is 2.86. The van der Waals surface area contributed by atoms with Crippen LogP contribution in [0.2, 0.25) is 0 Å². The molecule has 19 heteroatoms. The highest BCUT2D eigenvalue weighted by atomic mass is 35.5. The average Bonchev–Trinajstić information content (AvgIpc) is 2.33. The maximum atomic E-state index is 13.0. The Hall–Kier alpha value is 0.140. The molecule has 0 unspecified atom stereocenters. The fourth-order valence-corrected chi connectivity index (χ4v) is 1.49. The number of alkyl halides is 18. The lowest BCUT2D eigenvalue weighted by Gasteiger charge is -2.39. The van der Waals surface area contributed by atoms with E-state index in [1.165, 1.54) is 4.74 Å². The molecule has 164 valence electrons. The molecule has 0 atom stereocenters. The molecule has 0 aliphatic rings. The molecule has 0 aromatic rings. The number of hydrogen-bond donors (Lipinski definition) is 0. The Labute approximate surface area is 158 Å². The van der Waals surface area contributed by atoms with Crippen LogP contribution in [0.15, 0.2) is 0 Å². The summed E-state index contributed by atoms with van der Waals surface area (Å²) in [5.41, 5.74) is 0. The van der Waals surface area contributed by atoms with Crippen molar-refractivity contribution in [2.24, 2.45) is 0 Å². The van der Waals surface area contributed by atoms with E-state index in [0.717, 1.165) is 0 Å². The molecule has 0 spiro atoms. The first kappa shape index (κ1) is 27.1. The Bertz CT molecular complexity index is 502. The lowest BCUT2D eigenvalue weighted by Crippen LogP contribution is -2.67. The molecular formula is C8Cl4F14O. The van der Waals surface area contributed by atoms with Crippen LogP contribution in [0, 0.1) is 0 Å². The fraction of sp³-hybridized carbons (Fsp3) is 1.00. The molecule has 0 N–H and O–H groups in total. The first-order valence-electron chi connectivity index (χ1n) is 5.31. The van der Waals surface area contributed by atoms with E-state index in [2.05, 4.69) is 46.4 Å². The molecule has 0 aliphatic carbocycles. The third-order valence-electron chi connectivity index (χ3n) is 2.49. The zero-order valence-corrected chi connectivity index (χ0v) is 14.2. The first-order valence-corrected chi connectivity index (χ1v) is 6.82. The van der Waals surface area contributed by atoms with Gasteiger partial charge in [-0.1, -0.05) is 46.4 Å². The smallest absolute Gasteiger partial charge is 0.245 e. The van der Waals surface area contributed by atoms with Crippen molar-refractivity contribution < 1.29 is 66.2 Å². The van der Waals surface area contributed by atoms with Gasteiger partial charge in [0.25, 0.3) is 0 Å². The van der Waals surface area contributed by atoms with Crippen molar-refractivity contribution in [2.45, 2.75) is 45.1 Å². The molecule has 1 nitrogen and oxygen atoms in total. The molecule has 0 radical (unpaired) electrons. The summed E-state index contributed by atoms with van der Waals surface area (Å²) in [6.07, 6.45) is -15.1. The van der Waals surface area contributed by atoms with Crippen LogP contribution in [-0.4, -0.2) is 45.1 Å². The van der Waals surface area contributed by atoms with E-state index in [9.17, 15) is 61.5 Å². The molecule has 0 aliphatic heterocycles. The van der Waals surface area contributed by atoms with Crippen molar-refractivity contribution in [3.05, 3.63) is 0 Å². The van der Waals surface area contributed by atoms with E-state index < -0.39 is 45.1 Å².